The van der Waals surface area contributed by atoms with Crippen molar-refractivity contribution in [1.29, 1.82) is 0 Å². The second-order valence-electron chi connectivity index (χ2n) is 5.31. The van der Waals surface area contributed by atoms with Crippen molar-refractivity contribution in [2.75, 3.05) is 20.2 Å². The fourth-order valence-electron chi connectivity index (χ4n) is 4.03. The third kappa shape index (κ3) is 0.709. The molecule has 2 fully saturated rings. The van der Waals surface area contributed by atoms with Gasteiger partial charge in [0.05, 0.1) is 7.11 Å². The summed E-state index contributed by atoms with van der Waals surface area (Å²) in [6.45, 7) is 2.37. The number of hydrogen-bond acceptors (Lipinski definition) is 2. The summed E-state index contributed by atoms with van der Waals surface area (Å²) in [4.78, 5) is 0. The molecular formula is C13H15NO. The Balaban J connectivity index is 1.94. The number of rotatable bonds is 1. The average molecular weight is 201 g/mol. The standard InChI is InChI=1S/C13H15NO/c1-15-11-4-2-3-10-9(11)5-12-6-13(10,12)8-14-7-12/h2-4,14H,5-8H2,1H3. The van der Waals surface area contributed by atoms with Gasteiger partial charge in [0.15, 0.2) is 0 Å². The Morgan fingerprint density at radius 3 is 3.13 bits per heavy atom. The summed E-state index contributed by atoms with van der Waals surface area (Å²) in [6.07, 6.45) is 2.62. The van der Waals surface area contributed by atoms with Crippen molar-refractivity contribution in [2.24, 2.45) is 5.41 Å². The Hall–Kier alpha value is -1.02. The molecule has 0 spiro atoms. The third-order valence-corrected chi connectivity index (χ3v) is 4.80. The van der Waals surface area contributed by atoms with Crippen molar-refractivity contribution in [1.82, 2.24) is 5.32 Å². The molecule has 3 aliphatic rings. The molecular weight excluding hydrogens is 186 g/mol. The lowest BCUT2D eigenvalue weighted by atomic mass is 9.95. The second-order valence-corrected chi connectivity index (χ2v) is 5.31. The predicted molar refractivity (Wildman–Crippen MR) is 58.3 cm³/mol. The van der Waals surface area contributed by atoms with E-state index in [1.54, 1.807) is 12.7 Å². The van der Waals surface area contributed by atoms with E-state index in [9.17, 15) is 0 Å². The average Bonchev–Trinajstić information content (AvgIpc) is 2.64. The molecule has 1 aromatic rings. The van der Waals surface area contributed by atoms with Crippen LogP contribution >= 0.6 is 0 Å². The monoisotopic (exact) mass is 201 g/mol. The summed E-state index contributed by atoms with van der Waals surface area (Å²) in [5.74, 6) is 1.10. The summed E-state index contributed by atoms with van der Waals surface area (Å²) in [6, 6.07) is 6.54. The van der Waals surface area contributed by atoms with Crippen molar-refractivity contribution in [2.45, 2.75) is 18.3 Å². The lowest BCUT2D eigenvalue weighted by Crippen LogP contribution is -2.21. The van der Waals surface area contributed by atoms with E-state index in [2.05, 4.69) is 23.5 Å². The van der Waals surface area contributed by atoms with Gasteiger partial charge in [0.25, 0.3) is 0 Å². The van der Waals surface area contributed by atoms with Crippen molar-refractivity contribution in [3.05, 3.63) is 29.3 Å². The lowest BCUT2D eigenvalue weighted by molar-refractivity contribution is 0.405. The zero-order chi connectivity index (χ0) is 10.1. The van der Waals surface area contributed by atoms with Gasteiger partial charge in [0.2, 0.25) is 0 Å². The zero-order valence-corrected chi connectivity index (χ0v) is 8.97. The van der Waals surface area contributed by atoms with Crippen LogP contribution in [0.3, 0.4) is 0 Å². The van der Waals surface area contributed by atoms with E-state index >= 15 is 0 Å². The fraction of sp³-hybridized carbons (Fsp3) is 0.538. The van der Waals surface area contributed by atoms with E-state index in [4.69, 9.17) is 4.74 Å². The molecule has 78 valence electrons. The van der Waals surface area contributed by atoms with Crippen molar-refractivity contribution in [3.63, 3.8) is 0 Å². The summed E-state index contributed by atoms with van der Waals surface area (Å²) < 4.78 is 5.46. The number of nitrogens with one attached hydrogen (secondary N) is 1. The van der Waals surface area contributed by atoms with Crippen LogP contribution in [-0.4, -0.2) is 20.2 Å². The van der Waals surface area contributed by atoms with Gasteiger partial charge in [-0.2, -0.15) is 0 Å². The first-order valence-corrected chi connectivity index (χ1v) is 5.68. The summed E-state index contributed by atoms with van der Waals surface area (Å²) in [7, 11) is 1.78. The molecule has 4 rings (SSSR count). The maximum atomic E-state index is 5.46. The molecule has 1 saturated carbocycles. The van der Waals surface area contributed by atoms with E-state index in [1.165, 1.54) is 31.5 Å². The molecule has 1 aromatic carbocycles. The number of ether oxygens (including phenoxy) is 1. The van der Waals surface area contributed by atoms with E-state index in [0.29, 0.717) is 10.8 Å². The van der Waals surface area contributed by atoms with Gasteiger partial charge in [-0.05, 0) is 35.4 Å². The number of methoxy groups -OCH3 is 1. The molecule has 0 aromatic heterocycles. The van der Waals surface area contributed by atoms with Gasteiger partial charge < -0.3 is 10.1 Å². The maximum absolute atomic E-state index is 5.46. The van der Waals surface area contributed by atoms with Crippen LogP contribution in [0.25, 0.3) is 0 Å². The van der Waals surface area contributed by atoms with Gasteiger partial charge in [0, 0.05) is 18.5 Å². The molecule has 15 heavy (non-hydrogen) atoms. The number of fused-ring (bicyclic) bond motifs is 1. The normalized spacial score (nSPS) is 39.5. The van der Waals surface area contributed by atoms with Crippen LogP contribution in [0.5, 0.6) is 5.75 Å². The maximum Gasteiger partial charge on any atom is 0.122 e. The minimum Gasteiger partial charge on any atom is -0.496 e. The topological polar surface area (TPSA) is 21.3 Å². The molecule has 1 aliphatic heterocycles. The van der Waals surface area contributed by atoms with Gasteiger partial charge in [-0.15, -0.1) is 0 Å². The van der Waals surface area contributed by atoms with Crippen LogP contribution in [0.2, 0.25) is 0 Å². The molecule has 0 amide bonds. The summed E-state index contributed by atoms with van der Waals surface area (Å²) in [5, 5.41) is 3.54. The number of benzene rings is 1. The first-order chi connectivity index (χ1) is 7.31. The molecule has 1 N–H and O–H groups in total. The summed E-state index contributed by atoms with van der Waals surface area (Å²) >= 11 is 0. The molecule has 2 unspecified atom stereocenters. The zero-order valence-electron chi connectivity index (χ0n) is 8.97. The first-order valence-electron chi connectivity index (χ1n) is 5.68. The van der Waals surface area contributed by atoms with Crippen molar-refractivity contribution in [3.8, 4) is 5.75 Å². The highest BCUT2D eigenvalue weighted by Gasteiger charge is 2.74. The Morgan fingerprint density at radius 1 is 1.33 bits per heavy atom. The van der Waals surface area contributed by atoms with Crippen LogP contribution in [0.1, 0.15) is 17.5 Å². The van der Waals surface area contributed by atoms with Crippen LogP contribution < -0.4 is 10.1 Å². The Morgan fingerprint density at radius 2 is 2.27 bits per heavy atom. The molecule has 2 atom stereocenters. The van der Waals surface area contributed by atoms with Gasteiger partial charge in [0.1, 0.15) is 5.75 Å². The van der Waals surface area contributed by atoms with Crippen LogP contribution in [0, 0.1) is 5.41 Å². The SMILES string of the molecule is COc1cccc2c1CC13CNCC21C3. The minimum atomic E-state index is 0.483. The number of piperidine rings is 1. The highest BCUT2D eigenvalue weighted by Crippen LogP contribution is 2.73. The molecule has 2 aliphatic carbocycles. The molecule has 1 saturated heterocycles. The smallest absolute Gasteiger partial charge is 0.122 e. The highest BCUT2D eigenvalue weighted by molar-refractivity contribution is 5.58. The fourth-order valence-corrected chi connectivity index (χ4v) is 4.03. The minimum absolute atomic E-state index is 0.483. The van der Waals surface area contributed by atoms with Crippen molar-refractivity contribution >= 4 is 0 Å². The van der Waals surface area contributed by atoms with Gasteiger partial charge in [-0.1, -0.05) is 12.1 Å². The molecule has 2 heteroatoms. The van der Waals surface area contributed by atoms with Crippen LogP contribution in [0.4, 0.5) is 0 Å². The van der Waals surface area contributed by atoms with E-state index in [1.807, 2.05) is 0 Å². The first kappa shape index (κ1) is 8.17. The van der Waals surface area contributed by atoms with Crippen LogP contribution in [-0.2, 0) is 11.8 Å². The highest BCUT2D eigenvalue weighted by atomic mass is 16.5. The number of hydrogen-bond donors (Lipinski definition) is 1. The molecule has 0 bridgehead atoms. The van der Waals surface area contributed by atoms with Crippen molar-refractivity contribution < 1.29 is 4.74 Å². The molecule has 2 nitrogen and oxygen atoms in total. The van der Waals surface area contributed by atoms with Gasteiger partial charge >= 0.3 is 0 Å². The van der Waals surface area contributed by atoms with Crippen LogP contribution in [0.15, 0.2) is 18.2 Å². The van der Waals surface area contributed by atoms with E-state index in [-0.39, 0.29) is 0 Å². The lowest BCUT2D eigenvalue weighted by Gasteiger charge is -2.16. The Bertz CT molecular complexity index is 452. The quantitative estimate of drug-likeness (QED) is 0.743. The van der Waals surface area contributed by atoms with Gasteiger partial charge in [-0.3, -0.25) is 0 Å². The Kier molecular flexibility index (Phi) is 1.21. The van der Waals surface area contributed by atoms with E-state index < -0.39 is 0 Å². The van der Waals surface area contributed by atoms with Gasteiger partial charge in [-0.25, -0.2) is 0 Å². The Labute approximate surface area is 89.6 Å². The predicted octanol–water partition coefficient (Wildman–Crippen LogP) is 1.48. The van der Waals surface area contributed by atoms with E-state index in [0.717, 1.165) is 5.75 Å². The largest absolute Gasteiger partial charge is 0.496 e. The second kappa shape index (κ2) is 2.22. The molecule has 0 radical (unpaired) electrons. The molecule has 1 heterocycles. The summed E-state index contributed by atoms with van der Waals surface area (Å²) in [5.41, 5.74) is 4.08. The third-order valence-electron chi connectivity index (χ3n) is 4.80.